The standard InChI is InChI=1S/C20H27N3O4/c24-19(18-2-1-10-27-18)21-15-3-5-16(6-4-15)22-20(25)23(17-7-8-17)12-14-9-11-26-13-14/h3-6,14,17-18H,1-2,7-13H2,(H,21,24)(H,22,25). The summed E-state index contributed by atoms with van der Waals surface area (Å²) in [6, 6.07) is 7.53. The second-order valence-electron chi connectivity index (χ2n) is 7.61. The number of anilines is 2. The number of amides is 3. The summed E-state index contributed by atoms with van der Waals surface area (Å²) in [5.41, 5.74) is 1.43. The summed E-state index contributed by atoms with van der Waals surface area (Å²) in [7, 11) is 0. The van der Waals surface area contributed by atoms with Gasteiger partial charge in [0.1, 0.15) is 6.10 Å². The Morgan fingerprint density at radius 3 is 2.33 bits per heavy atom. The number of carbonyl (C=O) groups is 2. The van der Waals surface area contributed by atoms with E-state index in [0.717, 1.165) is 57.6 Å². The van der Waals surface area contributed by atoms with E-state index in [1.165, 1.54) is 0 Å². The van der Waals surface area contributed by atoms with Gasteiger partial charge in [-0.1, -0.05) is 0 Å². The highest BCUT2D eigenvalue weighted by Gasteiger charge is 2.34. The number of hydrogen-bond donors (Lipinski definition) is 2. The molecule has 7 nitrogen and oxygen atoms in total. The molecule has 7 heteroatoms. The average Bonchev–Trinajstić information content (AvgIpc) is 3.13. The first-order valence-corrected chi connectivity index (χ1v) is 9.87. The molecule has 146 valence electrons. The van der Waals surface area contributed by atoms with Crippen LogP contribution >= 0.6 is 0 Å². The fraction of sp³-hybridized carbons (Fsp3) is 0.600. The lowest BCUT2D eigenvalue weighted by molar-refractivity contribution is -0.124. The highest BCUT2D eigenvalue weighted by molar-refractivity contribution is 5.95. The lowest BCUT2D eigenvalue weighted by Crippen LogP contribution is -2.40. The van der Waals surface area contributed by atoms with E-state index in [1.807, 2.05) is 17.0 Å². The summed E-state index contributed by atoms with van der Waals surface area (Å²) in [6.07, 6.45) is 4.52. The molecule has 1 aromatic carbocycles. The molecular weight excluding hydrogens is 346 g/mol. The fourth-order valence-electron chi connectivity index (χ4n) is 3.63. The molecular formula is C20H27N3O4. The zero-order chi connectivity index (χ0) is 18.6. The molecule has 4 rings (SSSR count). The zero-order valence-electron chi connectivity index (χ0n) is 15.5. The number of rotatable bonds is 6. The van der Waals surface area contributed by atoms with Crippen molar-refractivity contribution in [3.63, 3.8) is 0 Å². The second-order valence-corrected chi connectivity index (χ2v) is 7.61. The molecule has 0 aromatic heterocycles. The van der Waals surface area contributed by atoms with Gasteiger partial charge in [0.2, 0.25) is 0 Å². The summed E-state index contributed by atoms with van der Waals surface area (Å²) in [5, 5.41) is 5.84. The van der Waals surface area contributed by atoms with Gasteiger partial charge in [0, 0.05) is 43.1 Å². The maximum Gasteiger partial charge on any atom is 0.322 e. The number of ether oxygens (including phenoxy) is 2. The van der Waals surface area contributed by atoms with Crippen LogP contribution in [-0.4, -0.2) is 55.3 Å². The zero-order valence-corrected chi connectivity index (χ0v) is 15.5. The van der Waals surface area contributed by atoms with Gasteiger partial charge in [0.15, 0.2) is 0 Å². The van der Waals surface area contributed by atoms with Crippen molar-refractivity contribution in [3.05, 3.63) is 24.3 Å². The number of carbonyl (C=O) groups excluding carboxylic acids is 2. The summed E-state index contributed by atoms with van der Waals surface area (Å²) in [6.45, 7) is 2.94. The van der Waals surface area contributed by atoms with E-state index in [-0.39, 0.29) is 18.0 Å². The number of nitrogens with one attached hydrogen (secondary N) is 2. The largest absolute Gasteiger partial charge is 0.381 e. The summed E-state index contributed by atoms with van der Waals surface area (Å²) < 4.78 is 10.8. The second kappa shape index (κ2) is 8.27. The third-order valence-electron chi connectivity index (χ3n) is 5.35. The molecule has 1 aromatic rings. The maximum atomic E-state index is 12.7. The lowest BCUT2D eigenvalue weighted by Gasteiger charge is -2.25. The van der Waals surface area contributed by atoms with Gasteiger partial charge in [0.25, 0.3) is 5.91 Å². The summed E-state index contributed by atoms with van der Waals surface area (Å²) in [5.74, 6) is 0.328. The fourth-order valence-corrected chi connectivity index (χ4v) is 3.63. The Labute approximate surface area is 159 Å². The number of nitrogens with zero attached hydrogens (tertiary/aromatic N) is 1. The lowest BCUT2D eigenvalue weighted by atomic mass is 10.1. The molecule has 2 heterocycles. The van der Waals surface area contributed by atoms with E-state index in [4.69, 9.17) is 9.47 Å². The van der Waals surface area contributed by atoms with Crippen LogP contribution in [-0.2, 0) is 14.3 Å². The van der Waals surface area contributed by atoms with Gasteiger partial charge in [0.05, 0.1) is 6.61 Å². The van der Waals surface area contributed by atoms with Gasteiger partial charge in [-0.25, -0.2) is 4.79 Å². The summed E-state index contributed by atoms with van der Waals surface area (Å²) >= 11 is 0. The maximum absolute atomic E-state index is 12.7. The van der Waals surface area contributed by atoms with Crippen LogP contribution in [0.2, 0.25) is 0 Å². The topological polar surface area (TPSA) is 79.9 Å². The minimum absolute atomic E-state index is 0.0551. The molecule has 3 amide bonds. The van der Waals surface area contributed by atoms with Crippen LogP contribution in [0.3, 0.4) is 0 Å². The van der Waals surface area contributed by atoms with Crippen LogP contribution in [0.5, 0.6) is 0 Å². The molecule has 1 aliphatic carbocycles. The smallest absolute Gasteiger partial charge is 0.322 e. The predicted octanol–water partition coefficient (Wildman–Crippen LogP) is 2.84. The van der Waals surface area contributed by atoms with Crippen molar-refractivity contribution in [1.82, 2.24) is 4.90 Å². The average molecular weight is 373 g/mol. The third-order valence-corrected chi connectivity index (χ3v) is 5.35. The Morgan fingerprint density at radius 2 is 1.74 bits per heavy atom. The van der Waals surface area contributed by atoms with Crippen LogP contribution in [0.1, 0.15) is 32.1 Å². The van der Waals surface area contributed by atoms with E-state index in [1.54, 1.807) is 12.1 Å². The Morgan fingerprint density at radius 1 is 1.00 bits per heavy atom. The van der Waals surface area contributed by atoms with Crippen LogP contribution in [0.15, 0.2) is 24.3 Å². The van der Waals surface area contributed by atoms with Gasteiger partial charge in [-0.15, -0.1) is 0 Å². The van der Waals surface area contributed by atoms with Crippen LogP contribution < -0.4 is 10.6 Å². The molecule has 2 aliphatic heterocycles. The molecule has 1 saturated carbocycles. The SMILES string of the molecule is O=C(Nc1ccc(NC(=O)N(CC2CCOC2)C2CC2)cc1)C1CCCO1. The van der Waals surface area contributed by atoms with E-state index in [2.05, 4.69) is 10.6 Å². The minimum atomic E-state index is -0.351. The van der Waals surface area contributed by atoms with Crippen molar-refractivity contribution in [2.24, 2.45) is 5.92 Å². The molecule has 2 N–H and O–H groups in total. The van der Waals surface area contributed by atoms with Gasteiger partial charge in [-0.2, -0.15) is 0 Å². The number of benzene rings is 1. The Kier molecular flexibility index (Phi) is 5.59. The molecule has 2 saturated heterocycles. The highest BCUT2D eigenvalue weighted by atomic mass is 16.5. The Hall–Kier alpha value is -2.12. The predicted molar refractivity (Wildman–Crippen MR) is 102 cm³/mol. The first-order chi connectivity index (χ1) is 13.2. The molecule has 0 radical (unpaired) electrons. The van der Waals surface area contributed by atoms with Crippen molar-refractivity contribution in [2.75, 3.05) is 37.0 Å². The molecule has 0 bridgehead atoms. The van der Waals surface area contributed by atoms with E-state index >= 15 is 0 Å². The Balaban J connectivity index is 1.31. The molecule has 27 heavy (non-hydrogen) atoms. The monoisotopic (exact) mass is 373 g/mol. The molecule has 2 atom stereocenters. The first-order valence-electron chi connectivity index (χ1n) is 9.87. The van der Waals surface area contributed by atoms with Crippen molar-refractivity contribution in [1.29, 1.82) is 0 Å². The normalized spacial score (nSPS) is 24.6. The number of urea groups is 1. The van der Waals surface area contributed by atoms with Crippen molar-refractivity contribution >= 4 is 23.3 Å². The first kappa shape index (κ1) is 18.3. The Bertz CT molecular complexity index is 662. The van der Waals surface area contributed by atoms with Crippen molar-refractivity contribution in [3.8, 4) is 0 Å². The van der Waals surface area contributed by atoms with Crippen molar-refractivity contribution < 1.29 is 19.1 Å². The minimum Gasteiger partial charge on any atom is -0.381 e. The molecule has 3 fully saturated rings. The van der Waals surface area contributed by atoms with Crippen LogP contribution in [0, 0.1) is 5.92 Å². The number of hydrogen-bond acceptors (Lipinski definition) is 4. The quantitative estimate of drug-likeness (QED) is 0.804. The van der Waals surface area contributed by atoms with Gasteiger partial charge in [-0.05, 0) is 56.4 Å². The van der Waals surface area contributed by atoms with Crippen molar-refractivity contribution in [2.45, 2.75) is 44.2 Å². The molecule has 3 aliphatic rings. The highest BCUT2D eigenvalue weighted by Crippen LogP contribution is 2.29. The van der Waals surface area contributed by atoms with E-state index in [0.29, 0.717) is 24.3 Å². The van der Waals surface area contributed by atoms with E-state index < -0.39 is 0 Å². The molecule has 0 spiro atoms. The van der Waals surface area contributed by atoms with Gasteiger partial charge < -0.3 is 25.0 Å². The third kappa shape index (κ3) is 4.78. The van der Waals surface area contributed by atoms with Crippen LogP contribution in [0.25, 0.3) is 0 Å². The van der Waals surface area contributed by atoms with Crippen LogP contribution in [0.4, 0.5) is 16.2 Å². The van der Waals surface area contributed by atoms with Gasteiger partial charge in [-0.3, -0.25) is 4.79 Å². The van der Waals surface area contributed by atoms with Gasteiger partial charge >= 0.3 is 6.03 Å². The molecule has 2 unspecified atom stereocenters. The summed E-state index contributed by atoms with van der Waals surface area (Å²) in [4.78, 5) is 26.7. The van der Waals surface area contributed by atoms with E-state index in [9.17, 15) is 9.59 Å².